The molecule has 0 aliphatic rings. The third-order valence-electron chi connectivity index (χ3n) is 5.49. The molecule has 0 aliphatic heterocycles. The van der Waals surface area contributed by atoms with Crippen molar-refractivity contribution in [3.63, 3.8) is 0 Å². The average Bonchev–Trinajstić information content (AvgIpc) is 3.14. The minimum atomic E-state index is 0.321. The molecule has 0 radical (unpaired) electrons. The number of aryl methyl sites for hydroxylation is 1. The van der Waals surface area contributed by atoms with Gasteiger partial charge in [-0.2, -0.15) is 0 Å². The molecule has 0 amide bonds. The second kappa shape index (κ2) is 9.33. The van der Waals surface area contributed by atoms with Crippen molar-refractivity contribution in [1.29, 1.82) is 0 Å². The molecular formula is C29H27N. The zero-order valence-corrected chi connectivity index (χ0v) is 17.7. The first-order valence-electron chi connectivity index (χ1n) is 10.6. The van der Waals surface area contributed by atoms with Crippen LogP contribution in [0.4, 0.5) is 0 Å². The molecule has 0 bridgehead atoms. The highest BCUT2D eigenvalue weighted by Crippen LogP contribution is 2.33. The minimum Gasteiger partial charge on any atom is -0.350 e. The normalized spacial score (nSPS) is 12.4. The molecule has 1 unspecified atom stereocenters. The Hall–Kier alpha value is -3.50. The van der Waals surface area contributed by atoms with E-state index < -0.39 is 0 Å². The molecule has 0 spiro atoms. The molecule has 0 saturated carbocycles. The lowest BCUT2D eigenvalue weighted by atomic mass is 9.90. The van der Waals surface area contributed by atoms with Crippen LogP contribution in [0.5, 0.6) is 0 Å². The molecule has 0 saturated heterocycles. The Labute approximate surface area is 179 Å². The fourth-order valence-electron chi connectivity index (χ4n) is 4.00. The second-order valence-electron chi connectivity index (χ2n) is 7.67. The van der Waals surface area contributed by atoms with Gasteiger partial charge in [0.1, 0.15) is 0 Å². The van der Waals surface area contributed by atoms with Crippen LogP contribution in [0.3, 0.4) is 0 Å². The van der Waals surface area contributed by atoms with Crippen molar-refractivity contribution in [2.24, 2.45) is 7.05 Å². The van der Waals surface area contributed by atoms with Crippen LogP contribution in [0.15, 0.2) is 97.2 Å². The molecule has 0 fully saturated rings. The molecule has 3 aromatic carbocycles. The maximum absolute atomic E-state index is 3.47. The molecule has 1 heteroatoms. The molecule has 1 nitrogen and oxygen atoms in total. The topological polar surface area (TPSA) is 4.93 Å². The smallest absolute Gasteiger partial charge is 0.0480 e. The largest absolute Gasteiger partial charge is 0.350 e. The van der Waals surface area contributed by atoms with E-state index in [-0.39, 0.29) is 0 Å². The number of hydrogen-bond donors (Lipinski definition) is 0. The highest BCUT2D eigenvalue weighted by atomic mass is 14.9. The number of para-hydroxylation sites is 1. The van der Waals surface area contributed by atoms with Gasteiger partial charge in [-0.3, -0.25) is 0 Å². The van der Waals surface area contributed by atoms with E-state index in [4.69, 9.17) is 0 Å². The van der Waals surface area contributed by atoms with Gasteiger partial charge in [0.05, 0.1) is 0 Å². The monoisotopic (exact) mass is 389 g/mol. The number of aromatic nitrogens is 1. The molecule has 1 heterocycles. The summed E-state index contributed by atoms with van der Waals surface area (Å²) >= 11 is 0. The van der Waals surface area contributed by atoms with Crippen molar-refractivity contribution < 1.29 is 0 Å². The van der Waals surface area contributed by atoms with E-state index in [1.54, 1.807) is 0 Å². The maximum atomic E-state index is 3.47. The van der Waals surface area contributed by atoms with Crippen LogP contribution in [-0.4, -0.2) is 4.57 Å². The third-order valence-corrected chi connectivity index (χ3v) is 5.49. The lowest BCUT2D eigenvalue weighted by molar-refractivity contribution is 0.719. The molecular weight excluding hydrogens is 362 g/mol. The van der Waals surface area contributed by atoms with Gasteiger partial charge in [0.25, 0.3) is 0 Å². The van der Waals surface area contributed by atoms with Crippen LogP contribution in [0.1, 0.15) is 42.4 Å². The maximum Gasteiger partial charge on any atom is 0.0480 e. The summed E-state index contributed by atoms with van der Waals surface area (Å²) in [6, 6.07) is 29.4. The van der Waals surface area contributed by atoms with Gasteiger partial charge in [-0.05, 0) is 35.7 Å². The molecule has 4 rings (SSSR count). The van der Waals surface area contributed by atoms with Gasteiger partial charge in [0.2, 0.25) is 0 Å². The fraction of sp³-hybridized carbons (Fsp3) is 0.172. The average molecular weight is 390 g/mol. The lowest BCUT2D eigenvalue weighted by Crippen LogP contribution is -1.96. The second-order valence-corrected chi connectivity index (χ2v) is 7.67. The predicted molar refractivity (Wildman–Crippen MR) is 128 cm³/mol. The van der Waals surface area contributed by atoms with Gasteiger partial charge >= 0.3 is 0 Å². The molecule has 0 aliphatic carbocycles. The fourth-order valence-corrected chi connectivity index (χ4v) is 4.00. The summed E-state index contributed by atoms with van der Waals surface area (Å²) in [5, 5.41) is 1.33. The van der Waals surface area contributed by atoms with Crippen molar-refractivity contribution >= 4 is 16.5 Å². The van der Waals surface area contributed by atoms with Crippen LogP contribution in [0.2, 0.25) is 0 Å². The van der Waals surface area contributed by atoms with Gasteiger partial charge in [0.15, 0.2) is 0 Å². The van der Waals surface area contributed by atoms with Gasteiger partial charge in [-0.25, -0.2) is 0 Å². The number of nitrogens with zero attached hydrogens (tertiary/aromatic N) is 1. The number of fused-ring (bicyclic) bond motifs is 1. The Balaban J connectivity index is 1.82. The Morgan fingerprint density at radius 3 is 2.30 bits per heavy atom. The molecule has 148 valence electrons. The van der Waals surface area contributed by atoms with E-state index >= 15 is 0 Å². The SMILES string of the molecule is CCCC(/C=C(\C#Cc1ccccc1)c1ccccc1)c1cn(C)c2ccccc12. The van der Waals surface area contributed by atoms with E-state index in [0.29, 0.717) is 5.92 Å². The van der Waals surface area contributed by atoms with Crippen molar-refractivity contribution in [1.82, 2.24) is 4.57 Å². The highest BCUT2D eigenvalue weighted by Gasteiger charge is 2.15. The molecule has 4 aromatic rings. The number of hydrogen-bond acceptors (Lipinski definition) is 0. The van der Waals surface area contributed by atoms with E-state index in [9.17, 15) is 0 Å². The van der Waals surface area contributed by atoms with Gasteiger partial charge < -0.3 is 4.57 Å². The Bertz CT molecular complexity index is 1200. The van der Waals surface area contributed by atoms with Gasteiger partial charge in [0, 0.05) is 41.2 Å². The Kier molecular flexibility index (Phi) is 6.16. The molecule has 30 heavy (non-hydrogen) atoms. The molecule has 0 N–H and O–H groups in total. The van der Waals surface area contributed by atoms with Crippen LogP contribution < -0.4 is 0 Å². The number of benzene rings is 3. The standard InChI is InChI=1S/C29H27N/c1-3-12-26(28-22-30(2)29-18-11-10-17-27(28)29)21-25(24-15-8-5-9-16-24)20-19-23-13-6-4-7-14-23/h4-11,13-18,21-22,26H,3,12H2,1-2H3/b25-21+. The summed E-state index contributed by atoms with van der Waals surface area (Å²) in [5.74, 6) is 7.15. The summed E-state index contributed by atoms with van der Waals surface area (Å²) in [6.07, 6.45) is 6.88. The first kappa shape index (κ1) is 19.8. The summed E-state index contributed by atoms with van der Waals surface area (Å²) < 4.78 is 2.24. The first-order chi connectivity index (χ1) is 14.8. The van der Waals surface area contributed by atoms with Crippen LogP contribution >= 0.6 is 0 Å². The van der Waals surface area contributed by atoms with Crippen molar-refractivity contribution in [2.45, 2.75) is 25.7 Å². The van der Waals surface area contributed by atoms with Crippen LogP contribution in [-0.2, 0) is 7.05 Å². The number of rotatable bonds is 5. The third kappa shape index (κ3) is 4.39. The molecule has 1 atom stereocenters. The van der Waals surface area contributed by atoms with Crippen molar-refractivity contribution in [3.8, 4) is 11.8 Å². The van der Waals surface area contributed by atoms with Crippen molar-refractivity contribution in [3.05, 3.63) is 114 Å². The Morgan fingerprint density at radius 1 is 0.900 bits per heavy atom. The predicted octanol–water partition coefficient (Wildman–Crippen LogP) is 7.20. The lowest BCUT2D eigenvalue weighted by Gasteiger charge is -2.13. The zero-order chi connectivity index (χ0) is 20.8. The van der Waals surface area contributed by atoms with Gasteiger partial charge in [-0.1, -0.05) is 98.0 Å². The summed E-state index contributed by atoms with van der Waals surface area (Å²) in [5.41, 5.74) is 5.95. The van der Waals surface area contributed by atoms with Crippen LogP contribution in [0, 0.1) is 11.8 Å². The van der Waals surface area contributed by atoms with E-state index in [0.717, 1.165) is 24.0 Å². The minimum absolute atomic E-state index is 0.321. The number of allylic oxidation sites excluding steroid dienone is 2. The quantitative estimate of drug-likeness (QED) is 0.318. The highest BCUT2D eigenvalue weighted by molar-refractivity contribution is 5.86. The van der Waals surface area contributed by atoms with E-state index in [1.165, 1.54) is 22.0 Å². The van der Waals surface area contributed by atoms with E-state index in [2.05, 4.69) is 109 Å². The summed E-state index contributed by atoms with van der Waals surface area (Å²) in [7, 11) is 2.13. The zero-order valence-electron chi connectivity index (χ0n) is 17.7. The van der Waals surface area contributed by atoms with E-state index in [1.807, 2.05) is 18.2 Å². The Morgan fingerprint density at radius 2 is 1.57 bits per heavy atom. The molecule has 1 aromatic heterocycles. The summed E-state index contributed by atoms with van der Waals surface area (Å²) in [6.45, 7) is 2.25. The van der Waals surface area contributed by atoms with Crippen LogP contribution in [0.25, 0.3) is 16.5 Å². The van der Waals surface area contributed by atoms with Gasteiger partial charge in [-0.15, -0.1) is 0 Å². The first-order valence-corrected chi connectivity index (χ1v) is 10.6. The summed E-state index contributed by atoms with van der Waals surface area (Å²) in [4.78, 5) is 0. The van der Waals surface area contributed by atoms with Crippen molar-refractivity contribution in [2.75, 3.05) is 0 Å².